The SMILES string of the molecule is CCOC(=O)[C@@H]1C(O)=CC(=O)C[C@@H]1c1ccc(OC)cc1. The van der Waals surface area contributed by atoms with Crippen molar-refractivity contribution in [3.05, 3.63) is 41.7 Å². The largest absolute Gasteiger partial charge is 0.511 e. The Morgan fingerprint density at radius 3 is 2.57 bits per heavy atom. The molecule has 1 aromatic carbocycles. The number of rotatable bonds is 4. The van der Waals surface area contributed by atoms with Crippen LogP contribution in [0.1, 0.15) is 24.8 Å². The summed E-state index contributed by atoms with van der Waals surface area (Å²) in [5, 5.41) is 9.98. The third-order valence-corrected chi connectivity index (χ3v) is 3.54. The van der Waals surface area contributed by atoms with Crippen LogP contribution in [0.3, 0.4) is 0 Å². The molecule has 0 unspecified atom stereocenters. The van der Waals surface area contributed by atoms with E-state index in [9.17, 15) is 14.7 Å². The van der Waals surface area contributed by atoms with Gasteiger partial charge >= 0.3 is 5.97 Å². The fourth-order valence-corrected chi connectivity index (χ4v) is 2.53. The molecule has 0 bridgehead atoms. The number of hydrogen-bond donors (Lipinski definition) is 1. The number of ketones is 1. The number of benzene rings is 1. The Hall–Kier alpha value is -2.30. The molecule has 1 aromatic rings. The fourth-order valence-electron chi connectivity index (χ4n) is 2.53. The molecule has 112 valence electrons. The summed E-state index contributed by atoms with van der Waals surface area (Å²) in [4.78, 5) is 23.8. The Labute approximate surface area is 123 Å². The van der Waals surface area contributed by atoms with Gasteiger partial charge in [0, 0.05) is 18.4 Å². The predicted octanol–water partition coefficient (Wildman–Crippen LogP) is 2.37. The van der Waals surface area contributed by atoms with Crippen LogP contribution in [0.5, 0.6) is 5.75 Å². The van der Waals surface area contributed by atoms with E-state index in [2.05, 4.69) is 0 Å². The molecule has 1 aliphatic rings. The number of ether oxygens (including phenoxy) is 2. The van der Waals surface area contributed by atoms with Crippen LogP contribution in [0.2, 0.25) is 0 Å². The van der Waals surface area contributed by atoms with Crippen molar-refractivity contribution in [3.8, 4) is 5.75 Å². The van der Waals surface area contributed by atoms with Gasteiger partial charge in [0.25, 0.3) is 0 Å². The van der Waals surface area contributed by atoms with Gasteiger partial charge in [0.15, 0.2) is 5.78 Å². The van der Waals surface area contributed by atoms with Crippen molar-refractivity contribution in [2.75, 3.05) is 13.7 Å². The number of carbonyl (C=O) groups is 2. The highest BCUT2D eigenvalue weighted by Gasteiger charge is 2.38. The molecule has 0 amide bonds. The minimum absolute atomic E-state index is 0.167. The van der Waals surface area contributed by atoms with Crippen LogP contribution in [0.4, 0.5) is 0 Å². The molecule has 5 heteroatoms. The molecule has 0 heterocycles. The molecule has 1 N–H and O–H groups in total. The maximum Gasteiger partial charge on any atom is 0.317 e. The van der Waals surface area contributed by atoms with Crippen molar-refractivity contribution in [2.24, 2.45) is 5.92 Å². The second-order valence-corrected chi connectivity index (χ2v) is 4.85. The summed E-state index contributed by atoms with van der Waals surface area (Å²) in [6.45, 7) is 1.93. The first-order chi connectivity index (χ1) is 10.1. The molecule has 0 aromatic heterocycles. The van der Waals surface area contributed by atoms with E-state index in [1.54, 1.807) is 38.3 Å². The maximum atomic E-state index is 12.1. The van der Waals surface area contributed by atoms with Gasteiger partial charge in [-0.05, 0) is 24.6 Å². The van der Waals surface area contributed by atoms with Crippen molar-refractivity contribution in [3.63, 3.8) is 0 Å². The van der Waals surface area contributed by atoms with Crippen LogP contribution in [0, 0.1) is 5.92 Å². The summed E-state index contributed by atoms with van der Waals surface area (Å²) in [7, 11) is 1.56. The van der Waals surface area contributed by atoms with Crippen LogP contribution < -0.4 is 4.74 Å². The second-order valence-electron chi connectivity index (χ2n) is 4.85. The van der Waals surface area contributed by atoms with Gasteiger partial charge < -0.3 is 14.6 Å². The molecular formula is C16H18O5. The Kier molecular flexibility index (Phi) is 4.62. The van der Waals surface area contributed by atoms with Crippen molar-refractivity contribution in [1.82, 2.24) is 0 Å². The van der Waals surface area contributed by atoms with Crippen LogP contribution in [-0.2, 0) is 14.3 Å². The van der Waals surface area contributed by atoms with Crippen molar-refractivity contribution >= 4 is 11.8 Å². The van der Waals surface area contributed by atoms with Crippen molar-refractivity contribution in [2.45, 2.75) is 19.3 Å². The zero-order valence-electron chi connectivity index (χ0n) is 12.0. The second kappa shape index (κ2) is 6.43. The Morgan fingerprint density at radius 2 is 2.00 bits per heavy atom. The number of hydrogen-bond acceptors (Lipinski definition) is 5. The lowest BCUT2D eigenvalue weighted by Gasteiger charge is -2.28. The normalized spacial score (nSPS) is 21.6. The van der Waals surface area contributed by atoms with Gasteiger partial charge in [-0.25, -0.2) is 0 Å². The fraction of sp³-hybridized carbons (Fsp3) is 0.375. The molecule has 0 spiro atoms. The number of aliphatic hydroxyl groups excluding tert-OH is 1. The van der Waals surface area contributed by atoms with E-state index in [0.29, 0.717) is 5.75 Å². The first-order valence-corrected chi connectivity index (χ1v) is 6.80. The summed E-state index contributed by atoms with van der Waals surface area (Å²) in [6.07, 6.45) is 1.28. The standard InChI is InChI=1S/C16H18O5/c1-3-21-16(19)15-13(8-11(17)9-14(15)18)10-4-6-12(20-2)7-5-10/h4-7,9,13,15,18H,3,8H2,1-2H3/t13-,15+/m1/s1. The molecule has 0 saturated heterocycles. The van der Waals surface area contributed by atoms with Gasteiger partial charge in [0.2, 0.25) is 0 Å². The molecule has 2 atom stereocenters. The number of allylic oxidation sites excluding steroid dienone is 1. The molecule has 0 fully saturated rings. The third-order valence-electron chi connectivity index (χ3n) is 3.54. The van der Waals surface area contributed by atoms with Gasteiger partial charge in [-0.2, -0.15) is 0 Å². The minimum atomic E-state index is -0.837. The maximum absolute atomic E-state index is 12.1. The highest BCUT2D eigenvalue weighted by Crippen LogP contribution is 2.37. The first kappa shape index (κ1) is 15.1. The minimum Gasteiger partial charge on any atom is -0.511 e. The molecule has 0 radical (unpaired) electrons. The Morgan fingerprint density at radius 1 is 1.33 bits per heavy atom. The topological polar surface area (TPSA) is 72.8 Å². The van der Waals surface area contributed by atoms with Crippen LogP contribution in [0.25, 0.3) is 0 Å². The van der Waals surface area contributed by atoms with Gasteiger partial charge in [0.1, 0.15) is 17.4 Å². The predicted molar refractivity (Wildman–Crippen MR) is 76.2 cm³/mol. The number of aliphatic hydroxyl groups is 1. The smallest absolute Gasteiger partial charge is 0.317 e. The van der Waals surface area contributed by atoms with E-state index < -0.39 is 17.8 Å². The summed E-state index contributed by atoms with van der Waals surface area (Å²) in [6, 6.07) is 7.11. The lowest BCUT2D eigenvalue weighted by molar-refractivity contribution is -0.148. The van der Waals surface area contributed by atoms with E-state index in [1.165, 1.54) is 0 Å². The summed E-state index contributed by atoms with van der Waals surface area (Å²) in [5.74, 6) is -1.52. The number of esters is 1. The summed E-state index contributed by atoms with van der Waals surface area (Å²) >= 11 is 0. The molecular weight excluding hydrogens is 272 g/mol. The van der Waals surface area contributed by atoms with E-state index in [1.807, 2.05) is 0 Å². The zero-order valence-corrected chi connectivity index (χ0v) is 12.0. The molecule has 1 aliphatic carbocycles. The van der Waals surface area contributed by atoms with Crippen molar-refractivity contribution in [1.29, 1.82) is 0 Å². The molecule has 21 heavy (non-hydrogen) atoms. The van der Waals surface area contributed by atoms with E-state index in [0.717, 1.165) is 11.6 Å². The molecule has 2 rings (SSSR count). The zero-order chi connectivity index (χ0) is 15.4. The van der Waals surface area contributed by atoms with Gasteiger partial charge in [0.05, 0.1) is 13.7 Å². The molecule has 0 aliphatic heterocycles. The lowest BCUT2D eigenvalue weighted by Crippen LogP contribution is -2.31. The Balaban J connectivity index is 2.34. The van der Waals surface area contributed by atoms with E-state index >= 15 is 0 Å². The third kappa shape index (κ3) is 3.24. The van der Waals surface area contributed by atoms with Gasteiger partial charge in [-0.3, -0.25) is 9.59 Å². The monoisotopic (exact) mass is 290 g/mol. The van der Waals surface area contributed by atoms with Gasteiger partial charge in [-0.1, -0.05) is 12.1 Å². The summed E-state index contributed by atoms with van der Waals surface area (Å²) in [5.41, 5.74) is 0.793. The van der Waals surface area contributed by atoms with E-state index in [4.69, 9.17) is 9.47 Å². The van der Waals surface area contributed by atoms with Crippen LogP contribution in [-0.4, -0.2) is 30.6 Å². The number of methoxy groups -OCH3 is 1. The highest BCUT2D eigenvalue weighted by molar-refractivity contribution is 5.94. The Bertz CT molecular complexity index is 559. The van der Waals surface area contributed by atoms with Crippen LogP contribution >= 0.6 is 0 Å². The quantitative estimate of drug-likeness (QED) is 0.862. The average molecular weight is 290 g/mol. The van der Waals surface area contributed by atoms with Crippen LogP contribution in [0.15, 0.2) is 36.1 Å². The molecule has 0 saturated carbocycles. The van der Waals surface area contributed by atoms with Crippen molar-refractivity contribution < 1.29 is 24.2 Å². The highest BCUT2D eigenvalue weighted by atomic mass is 16.5. The molecule has 5 nitrogen and oxygen atoms in total. The average Bonchev–Trinajstić information content (AvgIpc) is 2.46. The first-order valence-electron chi connectivity index (χ1n) is 6.80. The summed E-state index contributed by atoms with van der Waals surface area (Å²) < 4.78 is 10.1. The lowest BCUT2D eigenvalue weighted by atomic mass is 9.77. The van der Waals surface area contributed by atoms with Gasteiger partial charge in [-0.15, -0.1) is 0 Å². The van der Waals surface area contributed by atoms with E-state index in [-0.39, 0.29) is 24.6 Å². The number of carbonyl (C=O) groups excluding carboxylic acids is 2.